The molecule has 1 aromatic rings. The highest BCUT2D eigenvalue weighted by atomic mass is 79.9. The second kappa shape index (κ2) is 7.90. The summed E-state index contributed by atoms with van der Waals surface area (Å²) in [6.45, 7) is 5.37. The summed E-state index contributed by atoms with van der Waals surface area (Å²) in [4.78, 5) is 39.1. The lowest BCUT2D eigenvalue weighted by Crippen LogP contribution is -2.45. The van der Waals surface area contributed by atoms with Crippen molar-refractivity contribution in [3.05, 3.63) is 40.4 Å². The minimum Gasteiger partial charge on any atom is -0.465 e. The molecule has 0 saturated carbocycles. The normalized spacial score (nSPS) is 14.5. The molecule has 1 N–H and O–H groups in total. The zero-order chi connectivity index (χ0) is 19.5. The highest BCUT2D eigenvalue weighted by molar-refractivity contribution is 9.10. The van der Waals surface area contributed by atoms with Gasteiger partial charge in [-0.1, -0.05) is 18.2 Å². The third kappa shape index (κ3) is 4.85. The Balaban J connectivity index is 2.39. The van der Waals surface area contributed by atoms with Gasteiger partial charge in [0.05, 0.1) is 12.2 Å². The number of rotatable bonds is 2. The van der Waals surface area contributed by atoms with Crippen molar-refractivity contribution in [2.24, 2.45) is 0 Å². The number of carboxylic acid groups (broad SMARTS) is 1. The number of halogens is 1. The summed E-state index contributed by atoms with van der Waals surface area (Å²) in [5, 5.41) is 9.17. The molecule has 1 heterocycles. The molecule has 0 spiro atoms. The molecule has 0 atom stereocenters. The van der Waals surface area contributed by atoms with Crippen LogP contribution in [0.4, 0.5) is 15.3 Å². The van der Waals surface area contributed by atoms with Gasteiger partial charge in [-0.3, -0.25) is 4.79 Å². The van der Waals surface area contributed by atoms with Gasteiger partial charge in [0.2, 0.25) is 0 Å². The summed E-state index contributed by atoms with van der Waals surface area (Å²) in [6.07, 6.45) is 0.150. The van der Waals surface area contributed by atoms with E-state index in [9.17, 15) is 19.5 Å². The van der Waals surface area contributed by atoms with Crippen molar-refractivity contribution < 1.29 is 24.2 Å². The van der Waals surface area contributed by atoms with Crippen LogP contribution in [0.15, 0.2) is 40.4 Å². The fourth-order valence-corrected chi connectivity index (χ4v) is 2.90. The standard InChI is InChI=1S/C18H21BrN2O5/c1-18(2,3)26-17(25)21(14-9-5-4-8-13(14)19)15(22)12-7-6-10-20(11-12)16(23)24/h4-5,7-9H,6,10-11H2,1-3H3,(H,23,24). The molecule has 0 aromatic heterocycles. The molecule has 0 radical (unpaired) electrons. The van der Waals surface area contributed by atoms with E-state index in [1.807, 2.05) is 0 Å². The molecule has 26 heavy (non-hydrogen) atoms. The first-order chi connectivity index (χ1) is 12.1. The molecule has 7 nitrogen and oxygen atoms in total. The predicted octanol–water partition coefficient (Wildman–Crippen LogP) is 4.03. The summed E-state index contributed by atoms with van der Waals surface area (Å²) < 4.78 is 5.93. The van der Waals surface area contributed by atoms with E-state index < -0.39 is 23.7 Å². The number of para-hydroxylation sites is 1. The van der Waals surface area contributed by atoms with Crippen molar-refractivity contribution in [1.29, 1.82) is 0 Å². The fraction of sp³-hybridized carbons (Fsp3) is 0.389. The Labute approximate surface area is 160 Å². The van der Waals surface area contributed by atoms with Crippen molar-refractivity contribution in [2.75, 3.05) is 18.0 Å². The van der Waals surface area contributed by atoms with Crippen LogP contribution in [0.2, 0.25) is 0 Å². The van der Waals surface area contributed by atoms with Crippen molar-refractivity contribution in [3.8, 4) is 0 Å². The Morgan fingerprint density at radius 2 is 1.88 bits per heavy atom. The zero-order valence-electron chi connectivity index (χ0n) is 14.9. The maximum atomic E-state index is 13.1. The molecule has 2 rings (SSSR count). The van der Waals surface area contributed by atoms with Crippen LogP contribution < -0.4 is 4.90 Å². The Hall–Kier alpha value is -2.35. The van der Waals surface area contributed by atoms with Gasteiger partial charge >= 0.3 is 12.2 Å². The first-order valence-electron chi connectivity index (χ1n) is 8.09. The number of amides is 3. The maximum absolute atomic E-state index is 13.1. The quantitative estimate of drug-likeness (QED) is 0.773. The van der Waals surface area contributed by atoms with Gasteiger partial charge in [-0.15, -0.1) is 0 Å². The molecule has 1 aromatic carbocycles. The predicted molar refractivity (Wildman–Crippen MR) is 100 cm³/mol. The lowest BCUT2D eigenvalue weighted by atomic mass is 10.1. The monoisotopic (exact) mass is 424 g/mol. The molecule has 140 valence electrons. The summed E-state index contributed by atoms with van der Waals surface area (Å²) in [7, 11) is 0. The minimum absolute atomic E-state index is 0.0715. The third-order valence-electron chi connectivity index (χ3n) is 3.57. The largest absolute Gasteiger partial charge is 0.465 e. The van der Waals surface area contributed by atoms with Gasteiger partial charge in [0.25, 0.3) is 5.91 Å². The van der Waals surface area contributed by atoms with E-state index in [2.05, 4.69) is 15.9 Å². The fourth-order valence-electron chi connectivity index (χ4n) is 2.44. The molecule has 0 saturated heterocycles. The first kappa shape index (κ1) is 20.0. The SMILES string of the molecule is CC(C)(C)OC(=O)N(C(=O)C1=CCCN(C(=O)O)C1)c1ccccc1Br. The van der Waals surface area contributed by atoms with E-state index in [0.29, 0.717) is 23.1 Å². The zero-order valence-corrected chi connectivity index (χ0v) is 16.4. The van der Waals surface area contributed by atoms with E-state index in [1.165, 1.54) is 0 Å². The topological polar surface area (TPSA) is 87.2 Å². The Morgan fingerprint density at radius 1 is 1.23 bits per heavy atom. The molecule has 0 fully saturated rings. The van der Waals surface area contributed by atoms with Crippen LogP contribution in [-0.4, -0.2) is 46.8 Å². The van der Waals surface area contributed by atoms with Crippen molar-refractivity contribution in [3.63, 3.8) is 0 Å². The smallest absolute Gasteiger partial charge is 0.422 e. The molecule has 1 aliphatic rings. The number of carbonyl (C=O) groups is 3. The minimum atomic E-state index is -1.10. The number of hydrogen-bond donors (Lipinski definition) is 1. The summed E-state index contributed by atoms with van der Waals surface area (Å²) in [5.41, 5.74) is -0.217. The average Bonchev–Trinajstić information content (AvgIpc) is 2.55. The Kier molecular flexibility index (Phi) is 6.07. The van der Waals surface area contributed by atoms with Gasteiger partial charge in [-0.05, 0) is 55.3 Å². The Bertz CT molecular complexity index is 754. The number of carbonyl (C=O) groups excluding carboxylic acids is 2. The number of ether oxygens (including phenoxy) is 1. The maximum Gasteiger partial charge on any atom is 0.422 e. The highest BCUT2D eigenvalue weighted by Crippen LogP contribution is 2.29. The van der Waals surface area contributed by atoms with Crippen LogP contribution in [0.25, 0.3) is 0 Å². The second-order valence-electron chi connectivity index (χ2n) is 6.79. The van der Waals surface area contributed by atoms with Crippen LogP contribution in [0.3, 0.4) is 0 Å². The van der Waals surface area contributed by atoms with E-state index >= 15 is 0 Å². The molecule has 0 aliphatic carbocycles. The number of nitrogens with zero attached hydrogens (tertiary/aromatic N) is 2. The number of benzene rings is 1. The van der Waals surface area contributed by atoms with Gasteiger partial charge in [0.15, 0.2) is 0 Å². The second-order valence-corrected chi connectivity index (χ2v) is 7.65. The van der Waals surface area contributed by atoms with Gasteiger partial charge in [-0.2, -0.15) is 0 Å². The molecule has 0 bridgehead atoms. The van der Waals surface area contributed by atoms with Crippen molar-refractivity contribution in [2.45, 2.75) is 32.8 Å². The Morgan fingerprint density at radius 3 is 2.46 bits per heavy atom. The van der Waals surface area contributed by atoms with E-state index in [-0.39, 0.29) is 12.1 Å². The van der Waals surface area contributed by atoms with Gasteiger partial charge in [0, 0.05) is 16.6 Å². The lowest BCUT2D eigenvalue weighted by Gasteiger charge is -2.30. The lowest BCUT2D eigenvalue weighted by molar-refractivity contribution is -0.115. The number of hydrogen-bond acceptors (Lipinski definition) is 4. The molecular formula is C18H21BrN2O5. The average molecular weight is 425 g/mol. The van der Waals surface area contributed by atoms with E-state index in [0.717, 1.165) is 9.80 Å². The van der Waals surface area contributed by atoms with E-state index in [1.54, 1.807) is 51.1 Å². The number of imide groups is 1. The van der Waals surface area contributed by atoms with Crippen molar-refractivity contribution >= 4 is 39.7 Å². The summed E-state index contributed by atoms with van der Waals surface area (Å²) in [5.74, 6) is -0.600. The van der Waals surface area contributed by atoms with E-state index in [4.69, 9.17) is 4.74 Å². The molecule has 8 heteroatoms. The van der Waals surface area contributed by atoms with Gasteiger partial charge < -0.3 is 14.7 Å². The molecule has 3 amide bonds. The highest BCUT2D eigenvalue weighted by Gasteiger charge is 2.33. The molecule has 0 unspecified atom stereocenters. The van der Waals surface area contributed by atoms with Gasteiger partial charge in [0.1, 0.15) is 5.60 Å². The third-order valence-corrected chi connectivity index (χ3v) is 4.24. The molecular weight excluding hydrogens is 404 g/mol. The first-order valence-corrected chi connectivity index (χ1v) is 8.88. The van der Waals surface area contributed by atoms with Crippen LogP contribution in [-0.2, 0) is 9.53 Å². The number of anilines is 1. The van der Waals surface area contributed by atoms with Gasteiger partial charge in [-0.25, -0.2) is 14.5 Å². The van der Waals surface area contributed by atoms with Crippen LogP contribution in [0.5, 0.6) is 0 Å². The summed E-state index contributed by atoms with van der Waals surface area (Å²) in [6, 6.07) is 6.78. The van der Waals surface area contributed by atoms with Crippen LogP contribution in [0.1, 0.15) is 27.2 Å². The summed E-state index contributed by atoms with van der Waals surface area (Å²) >= 11 is 3.35. The molecule has 1 aliphatic heterocycles. The van der Waals surface area contributed by atoms with Crippen molar-refractivity contribution in [1.82, 2.24) is 4.90 Å². The van der Waals surface area contributed by atoms with Crippen LogP contribution >= 0.6 is 15.9 Å². The van der Waals surface area contributed by atoms with Crippen LogP contribution in [0, 0.1) is 0 Å².